The smallest absolute Gasteiger partial charge is 0.293 e. The molecule has 1 N–H and O–H groups in total. The molecule has 1 atom stereocenters. The molecule has 1 aliphatic heterocycles. The fourth-order valence-corrected chi connectivity index (χ4v) is 3.84. The molecule has 6 heteroatoms. The van der Waals surface area contributed by atoms with Crippen LogP contribution in [0.4, 0.5) is 5.82 Å². The predicted octanol–water partition coefficient (Wildman–Crippen LogP) is 1.60. The summed E-state index contributed by atoms with van der Waals surface area (Å²) < 4.78 is 1.54. The highest BCUT2D eigenvalue weighted by atomic mass is 16.2. The van der Waals surface area contributed by atoms with Gasteiger partial charge in [-0.3, -0.25) is 9.59 Å². The Bertz CT molecular complexity index is 858. The molecule has 0 radical (unpaired) electrons. The summed E-state index contributed by atoms with van der Waals surface area (Å²) in [5, 5.41) is 3.24. The molecule has 2 heterocycles. The van der Waals surface area contributed by atoms with Crippen LogP contribution in [0.2, 0.25) is 0 Å². The van der Waals surface area contributed by atoms with E-state index in [-0.39, 0.29) is 22.9 Å². The summed E-state index contributed by atoms with van der Waals surface area (Å²) in [5.41, 5.74) is 0.649. The molecule has 1 saturated heterocycles. The van der Waals surface area contributed by atoms with Crippen LogP contribution >= 0.6 is 0 Å². The highest BCUT2D eigenvalue weighted by Gasteiger charge is 2.51. The number of aryl methyl sites for hydroxylation is 1. The van der Waals surface area contributed by atoms with Crippen LogP contribution in [0.1, 0.15) is 31.2 Å². The van der Waals surface area contributed by atoms with Gasteiger partial charge in [0.1, 0.15) is 0 Å². The highest BCUT2D eigenvalue weighted by molar-refractivity contribution is 5.91. The van der Waals surface area contributed by atoms with E-state index in [1.165, 1.54) is 0 Å². The lowest BCUT2D eigenvalue weighted by Crippen LogP contribution is -2.51. The van der Waals surface area contributed by atoms with E-state index in [9.17, 15) is 9.59 Å². The summed E-state index contributed by atoms with van der Waals surface area (Å²) in [6.07, 6.45) is 6.97. The first kappa shape index (κ1) is 16.8. The molecule has 2 fully saturated rings. The molecular formula is C20H24N4O2. The Labute approximate surface area is 152 Å². The third-order valence-electron chi connectivity index (χ3n) is 5.57. The van der Waals surface area contributed by atoms with Crippen LogP contribution in [0, 0.1) is 0 Å². The molecule has 26 heavy (non-hydrogen) atoms. The van der Waals surface area contributed by atoms with Gasteiger partial charge in [0.15, 0.2) is 5.82 Å². The second-order valence-corrected chi connectivity index (χ2v) is 7.37. The maximum absolute atomic E-state index is 12.9. The number of carbonyl (C=O) groups excluding carboxylic acids is 1. The van der Waals surface area contributed by atoms with Crippen LogP contribution in [-0.2, 0) is 17.3 Å². The average Bonchev–Trinajstić information content (AvgIpc) is 3.47. The summed E-state index contributed by atoms with van der Waals surface area (Å²) in [6.45, 7) is 1.42. The molecule has 1 aliphatic carbocycles. The first-order chi connectivity index (χ1) is 12.6. The number of hydrogen-bond donors (Lipinski definition) is 1. The summed E-state index contributed by atoms with van der Waals surface area (Å²) in [7, 11) is 1.73. The number of carbonyl (C=O) groups is 1. The quantitative estimate of drug-likeness (QED) is 0.908. The first-order valence-electron chi connectivity index (χ1n) is 9.23. The van der Waals surface area contributed by atoms with Crippen molar-refractivity contribution in [3.05, 3.63) is 58.6 Å². The minimum atomic E-state index is -0.356. The zero-order chi connectivity index (χ0) is 18.1. The molecule has 136 valence electrons. The van der Waals surface area contributed by atoms with Crippen molar-refractivity contribution in [2.24, 2.45) is 7.05 Å². The van der Waals surface area contributed by atoms with E-state index in [1.807, 2.05) is 35.2 Å². The van der Waals surface area contributed by atoms with Gasteiger partial charge in [0.25, 0.3) is 5.56 Å². The second kappa shape index (κ2) is 6.59. The maximum Gasteiger partial charge on any atom is 0.293 e. The van der Waals surface area contributed by atoms with E-state index in [2.05, 4.69) is 10.3 Å². The second-order valence-electron chi connectivity index (χ2n) is 7.37. The van der Waals surface area contributed by atoms with Crippen molar-refractivity contribution in [1.82, 2.24) is 14.9 Å². The van der Waals surface area contributed by atoms with Gasteiger partial charge in [-0.15, -0.1) is 0 Å². The number of aromatic nitrogens is 2. The molecule has 2 aliphatic rings. The van der Waals surface area contributed by atoms with Crippen molar-refractivity contribution in [2.45, 2.75) is 37.1 Å². The van der Waals surface area contributed by atoms with Gasteiger partial charge in [-0.25, -0.2) is 4.98 Å². The van der Waals surface area contributed by atoms with E-state index in [1.54, 1.807) is 24.0 Å². The maximum atomic E-state index is 12.9. The molecule has 6 nitrogen and oxygen atoms in total. The number of anilines is 1. The SMILES string of the molecule is Cn1ccnc(N2CCCC(NC(=O)C3(c4ccccc4)CC3)C2)c1=O. The number of amides is 1. The molecule has 1 unspecified atom stereocenters. The molecule has 0 spiro atoms. The van der Waals surface area contributed by atoms with Crippen LogP contribution in [0.15, 0.2) is 47.5 Å². The molecule has 2 aromatic rings. The van der Waals surface area contributed by atoms with Crippen molar-refractivity contribution in [2.75, 3.05) is 18.0 Å². The molecule has 4 rings (SSSR count). The Balaban J connectivity index is 1.47. The fraction of sp³-hybridized carbons (Fsp3) is 0.450. The molecule has 0 bridgehead atoms. The Hall–Kier alpha value is -2.63. The van der Waals surface area contributed by atoms with E-state index in [0.29, 0.717) is 12.4 Å². The molecule has 1 aromatic heterocycles. The summed E-state index contributed by atoms with van der Waals surface area (Å²) in [6, 6.07) is 10.1. The van der Waals surface area contributed by atoms with Crippen molar-refractivity contribution < 1.29 is 4.79 Å². The van der Waals surface area contributed by atoms with Gasteiger partial charge in [-0.2, -0.15) is 0 Å². The minimum Gasteiger partial charge on any atom is -0.351 e. The molecule has 1 aromatic carbocycles. The van der Waals surface area contributed by atoms with Crippen LogP contribution in [0.3, 0.4) is 0 Å². The Kier molecular flexibility index (Phi) is 4.26. The van der Waals surface area contributed by atoms with Crippen molar-refractivity contribution in [3.63, 3.8) is 0 Å². The number of nitrogens with one attached hydrogen (secondary N) is 1. The van der Waals surface area contributed by atoms with Crippen molar-refractivity contribution in [3.8, 4) is 0 Å². The topological polar surface area (TPSA) is 67.2 Å². The molecule has 1 amide bonds. The van der Waals surface area contributed by atoms with Crippen molar-refractivity contribution >= 4 is 11.7 Å². The van der Waals surface area contributed by atoms with Crippen LogP contribution in [-0.4, -0.2) is 34.6 Å². The van der Waals surface area contributed by atoms with Gasteiger partial charge in [0.2, 0.25) is 5.91 Å². The summed E-state index contributed by atoms with van der Waals surface area (Å²) in [5.74, 6) is 0.586. The van der Waals surface area contributed by atoms with Gasteiger partial charge in [0, 0.05) is 38.6 Å². The number of benzene rings is 1. The lowest BCUT2D eigenvalue weighted by atomic mass is 9.94. The van der Waals surface area contributed by atoms with E-state index in [4.69, 9.17) is 0 Å². The van der Waals surface area contributed by atoms with Crippen LogP contribution in [0.25, 0.3) is 0 Å². The zero-order valence-corrected chi connectivity index (χ0v) is 15.0. The number of rotatable bonds is 4. The average molecular weight is 352 g/mol. The fourth-order valence-electron chi connectivity index (χ4n) is 3.84. The number of hydrogen-bond acceptors (Lipinski definition) is 4. The number of nitrogens with zero attached hydrogens (tertiary/aromatic N) is 3. The van der Waals surface area contributed by atoms with E-state index < -0.39 is 0 Å². The predicted molar refractivity (Wildman–Crippen MR) is 100 cm³/mol. The number of piperidine rings is 1. The highest BCUT2D eigenvalue weighted by Crippen LogP contribution is 2.48. The first-order valence-corrected chi connectivity index (χ1v) is 9.23. The van der Waals surface area contributed by atoms with Crippen LogP contribution < -0.4 is 15.8 Å². The van der Waals surface area contributed by atoms with E-state index >= 15 is 0 Å². The zero-order valence-electron chi connectivity index (χ0n) is 15.0. The third kappa shape index (κ3) is 3.00. The lowest BCUT2D eigenvalue weighted by Gasteiger charge is -2.34. The van der Waals surface area contributed by atoms with Gasteiger partial charge in [-0.05, 0) is 31.2 Å². The van der Waals surface area contributed by atoms with E-state index in [0.717, 1.165) is 37.8 Å². The van der Waals surface area contributed by atoms with Crippen molar-refractivity contribution in [1.29, 1.82) is 0 Å². The van der Waals surface area contributed by atoms with Gasteiger partial charge in [0.05, 0.1) is 5.41 Å². The Morgan fingerprint density at radius 1 is 1.27 bits per heavy atom. The van der Waals surface area contributed by atoms with Gasteiger partial charge >= 0.3 is 0 Å². The standard InChI is InChI=1S/C20H24N4O2/c1-23-13-11-21-17(18(23)25)24-12-5-8-16(14-24)22-19(26)20(9-10-20)15-6-3-2-4-7-15/h2-4,6-7,11,13,16H,5,8-10,12,14H2,1H3,(H,22,26). The summed E-state index contributed by atoms with van der Waals surface area (Å²) in [4.78, 5) is 31.5. The molecular weight excluding hydrogens is 328 g/mol. The van der Waals surface area contributed by atoms with Gasteiger partial charge < -0.3 is 14.8 Å². The largest absolute Gasteiger partial charge is 0.351 e. The normalized spacial score (nSPS) is 21.3. The monoisotopic (exact) mass is 352 g/mol. The lowest BCUT2D eigenvalue weighted by molar-refractivity contribution is -0.124. The molecule has 1 saturated carbocycles. The minimum absolute atomic E-state index is 0.0455. The Morgan fingerprint density at radius 2 is 2.04 bits per heavy atom. The Morgan fingerprint density at radius 3 is 2.77 bits per heavy atom. The summed E-state index contributed by atoms with van der Waals surface area (Å²) >= 11 is 0. The van der Waals surface area contributed by atoms with Gasteiger partial charge in [-0.1, -0.05) is 30.3 Å². The van der Waals surface area contributed by atoms with Crippen LogP contribution in [0.5, 0.6) is 0 Å². The third-order valence-corrected chi connectivity index (χ3v) is 5.57.